The first-order valence-corrected chi connectivity index (χ1v) is 6.35. The molecule has 0 unspecified atom stereocenters. The minimum absolute atomic E-state index is 0.0365. The summed E-state index contributed by atoms with van der Waals surface area (Å²) in [5.41, 5.74) is 1.72. The van der Waals surface area contributed by atoms with Gasteiger partial charge in [0, 0.05) is 22.9 Å². The van der Waals surface area contributed by atoms with Crippen molar-refractivity contribution in [2.75, 3.05) is 0 Å². The van der Waals surface area contributed by atoms with E-state index in [0.29, 0.717) is 5.69 Å². The Bertz CT molecular complexity index is 572. The number of hydrogen-bond acceptors (Lipinski definition) is 1. The Morgan fingerprint density at radius 2 is 2.12 bits per heavy atom. The van der Waals surface area contributed by atoms with Gasteiger partial charge in [-0.25, -0.2) is 0 Å². The topological polar surface area (TPSA) is 34.0 Å². The number of nitrogens with one attached hydrogen (secondary N) is 1. The van der Waals surface area contributed by atoms with Crippen molar-refractivity contribution in [2.24, 2.45) is 7.05 Å². The second kappa shape index (κ2) is 4.53. The number of aryl methyl sites for hydroxylation is 1. The summed E-state index contributed by atoms with van der Waals surface area (Å²) in [6.07, 6.45) is 0. The average molecular weight is 295 g/mol. The summed E-state index contributed by atoms with van der Waals surface area (Å²) < 4.78 is 2.91. The number of hydrogen-bond donors (Lipinski definition) is 1. The highest BCUT2D eigenvalue weighted by molar-refractivity contribution is 9.10. The Kier molecular flexibility index (Phi) is 3.24. The Morgan fingerprint density at radius 3 is 2.71 bits per heavy atom. The van der Waals surface area contributed by atoms with Crippen LogP contribution in [0, 0.1) is 0 Å². The number of carbonyl (C=O) groups excluding carboxylic acids is 1. The highest BCUT2D eigenvalue weighted by atomic mass is 79.9. The Morgan fingerprint density at radius 1 is 1.41 bits per heavy atom. The predicted octanol–water partition coefficient (Wildman–Crippen LogP) is 3.08. The molecule has 90 valence electrons. The van der Waals surface area contributed by atoms with Crippen LogP contribution in [0.4, 0.5) is 0 Å². The van der Waals surface area contributed by atoms with Crippen molar-refractivity contribution in [3.63, 3.8) is 0 Å². The van der Waals surface area contributed by atoms with Gasteiger partial charge in [0.15, 0.2) is 0 Å². The van der Waals surface area contributed by atoms with Crippen LogP contribution in [-0.2, 0) is 7.05 Å². The van der Waals surface area contributed by atoms with Gasteiger partial charge in [-0.1, -0.05) is 12.1 Å². The zero-order chi connectivity index (χ0) is 12.6. The minimum Gasteiger partial charge on any atom is -0.349 e. The van der Waals surface area contributed by atoms with Crippen molar-refractivity contribution in [3.05, 3.63) is 34.4 Å². The van der Waals surface area contributed by atoms with Gasteiger partial charge in [-0.3, -0.25) is 4.79 Å². The van der Waals surface area contributed by atoms with Gasteiger partial charge in [0.05, 0.1) is 5.52 Å². The monoisotopic (exact) mass is 294 g/mol. The minimum atomic E-state index is -0.0365. The third-order valence-electron chi connectivity index (χ3n) is 2.66. The van der Waals surface area contributed by atoms with E-state index in [2.05, 4.69) is 21.2 Å². The second-order valence-corrected chi connectivity index (χ2v) is 5.25. The molecular formula is C13H15BrN2O. The van der Waals surface area contributed by atoms with Crippen LogP contribution >= 0.6 is 15.9 Å². The van der Waals surface area contributed by atoms with Crippen LogP contribution in [0.2, 0.25) is 0 Å². The lowest BCUT2D eigenvalue weighted by Crippen LogP contribution is -2.31. The molecule has 1 N–H and O–H groups in total. The fourth-order valence-corrected chi connectivity index (χ4v) is 2.57. The molecule has 0 bridgehead atoms. The normalized spacial score (nSPS) is 11.1. The van der Waals surface area contributed by atoms with E-state index < -0.39 is 0 Å². The summed E-state index contributed by atoms with van der Waals surface area (Å²) in [5.74, 6) is -0.0365. The number of halogens is 1. The molecule has 0 aliphatic rings. The van der Waals surface area contributed by atoms with Crippen molar-refractivity contribution in [1.29, 1.82) is 0 Å². The molecule has 0 aliphatic heterocycles. The number of benzene rings is 1. The third kappa shape index (κ3) is 2.22. The number of amides is 1. The molecule has 2 aromatic rings. The molecule has 1 aromatic heterocycles. The molecule has 4 heteroatoms. The lowest BCUT2D eigenvalue weighted by Gasteiger charge is -2.09. The van der Waals surface area contributed by atoms with E-state index in [1.54, 1.807) is 0 Å². The van der Waals surface area contributed by atoms with Crippen molar-refractivity contribution in [2.45, 2.75) is 19.9 Å². The number of aromatic nitrogens is 1. The van der Waals surface area contributed by atoms with E-state index >= 15 is 0 Å². The molecule has 1 amide bonds. The fraction of sp³-hybridized carbons (Fsp3) is 0.308. The average Bonchev–Trinajstić information content (AvgIpc) is 2.56. The maximum absolute atomic E-state index is 12.0. The van der Waals surface area contributed by atoms with Crippen LogP contribution in [0.3, 0.4) is 0 Å². The highest BCUT2D eigenvalue weighted by Gasteiger charge is 2.15. The summed E-state index contributed by atoms with van der Waals surface area (Å²) in [4.78, 5) is 12.0. The van der Waals surface area contributed by atoms with Crippen molar-refractivity contribution >= 4 is 32.7 Å². The van der Waals surface area contributed by atoms with Gasteiger partial charge in [0.25, 0.3) is 5.91 Å². The van der Waals surface area contributed by atoms with Gasteiger partial charge in [-0.2, -0.15) is 0 Å². The standard InChI is InChI=1S/C13H15BrN2O/c1-8(2)15-13(17)11-7-9-5-4-6-10(14)12(9)16(11)3/h4-8H,1-3H3,(H,15,17). The van der Waals surface area contributed by atoms with E-state index in [0.717, 1.165) is 15.4 Å². The van der Waals surface area contributed by atoms with Gasteiger partial charge in [0.2, 0.25) is 0 Å². The summed E-state index contributed by atoms with van der Waals surface area (Å²) in [7, 11) is 1.91. The number of nitrogens with zero attached hydrogens (tertiary/aromatic N) is 1. The van der Waals surface area contributed by atoms with Crippen molar-refractivity contribution < 1.29 is 4.79 Å². The molecule has 1 heterocycles. The Labute approximate surface area is 109 Å². The largest absolute Gasteiger partial charge is 0.349 e. The van der Waals surface area contributed by atoms with Gasteiger partial charge in [-0.05, 0) is 41.9 Å². The first-order chi connectivity index (χ1) is 8.00. The number of carbonyl (C=O) groups is 1. The Hall–Kier alpha value is -1.29. The number of para-hydroxylation sites is 1. The predicted molar refractivity (Wildman–Crippen MR) is 73.2 cm³/mol. The quantitative estimate of drug-likeness (QED) is 0.907. The zero-order valence-corrected chi connectivity index (χ0v) is 11.7. The Balaban J connectivity index is 2.53. The first kappa shape index (κ1) is 12.2. The number of fused-ring (bicyclic) bond motifs is 1. The van der Waals surface area contributed by atoms with Gasteiger partial charge < -0.3 is 9.88 Å². The van der Waals surface area contributed by atoms with Crippen LogP contribution in [-0.4, -0.2) is 16.5 Å². The molecule has 0 radical (unpaired) electrons. The molecule has 0 saturated carbocycles. The van der Waals surface area contributed by atoms with Crippen LogP contribution in [0.15, 0.2) is 28.7 Å². The lowest BCUT2D eigenvalue weighted by atomic mass is 10.2. The van der Waals surface area contributed by atoms with E-state index in [1.165, 1.54) is 0 Å². The van der Waals surface area contributed by atoms with E-state index in [1.807, 2.05) is 49.7 Å². The first-order valence-electron chi connectivity index (χ1n) is 5.55. The highest BCUT2D eigenvalue weighted by Crippen LogP contribution is 2.26. The maximum Gasteiger partial charge on any atom is 0.268 e. The fourth-order valence-electron chi connectivity index (χ4n) is 1.92. The third-order valence-corrected chi connectivity index (χ3v) is 3.30. The molecule has 0 fully saturated rings. The van der Waals surface area contributed by atoms with Crippen molar-refractivity contribution in [1.82, 2.24) is 9.88 Å². The molecule has 2 rings (SSSR count). The number of rotatable bonds is 2. The molecule has 0 spiro atoms. The lowest BCUT2D eigenvalue weighted by molar-refractivity contribution is 0.0935. The molecule has 0 atom stereocenters. The smallest absolute Gasteiger partial charge is 0.268 e. The molecule has 0 aliphatic carbocycles. The van der Waals surface area contributed by atoms with Crippen LogP contribution in [0.5, 0.6) is 0 Å². The second-order valence-electron chi connectivity index (χ2n) is 4.39. The SMILES string of the molecule is CC(C)NC(=O)c1cc2cccc(Br)c2n1C. The van der Waals surface area contributed by atoms with E-state index in [9.17, 15) is 4.79 Å². The summed E-state index contributed by atoms with van der Waals surface area (Å²) in [5, 5.41) is 3.97. The molecular weight excluding hydrogens is 280 g/mol. The summed E-state index contributed by atoms with van der Waals surface area (Å²) >= 11 is 3.51. The summed E-state index contributed by atoms with van der Waals surface area (Å²) in [6, 6.07) is 8.01. The van der Waals surface area contributed by atoms with Gasteiger partial charge >= 0.3 is 0 Å². The van der Waals surface area contributed by atoms with Gasteiger partial charge in [0.1, 0.15) is 5.69 Å². The van der Waals surface area contributed by atoms with Crippen molar-refractivity contribution in [3.8, 4) is 0 Å². The van der Waals surface area contributed by atoms with E-state index in [4.69, 9.17) is 0 Å². The summed E-state index contributed by atoms with van der Waals surface area (Å²) in [6.45, 7) is 3.91. The van der Waals surface area contributed by atoms with E-state index in [-0.39, 0.29) is 11.9 Å². The van der Waals surface area contributed by atoms with Gasteiger partial charge in [-0.15, -0.1) is 0 Å². The van der Waals surface area contributed by atoms with Crippen LogP contribution in [0.1, 0.15) is 24.3 Å². The zero-order valence-electron chi connectivity index (χ0n) is 10.1. The maximum atomic E-state index is 12.0. The molecule has 1 aromatic carbocycles. The molecule has 3 nitrogen and oxygen atoms in total. The molecule has 17 heavy (non-hydrogen) atoms. The van der Waals surface area contributed by atoms with Crippen LogP contribution < -0.4 is 5.32 Å². The molecule has 0 saturated heterocycles. The van der Waals surface area contributed by atoms with Crippen LogP contribution in [0.25, 0.3) is 10.9 Å².